The molecule has 0 saturated carbocycles. The second kappa shape index (κ2) is 13.4. The van der Waals surface area contributed by atoms with Crippen molar-refractivity contribution in [1.82, 2.24) is 20.9 Å². The summed E-state index contributed by atoms with van der Waals surface area (Å²) in [6, 6.07) is 19.2. The molecule has 2 unspecified atom stereocenters. The Labute approximate surface area is 209 Å². The predicted octanol–water partition coefficient (Wildman–Crippen LogP) is 3.77. The summed E-state index contributed by atoms with van der Waals surface area (Å²) in [4.78, 5) is 19.2. The molecule has 1 heterocycles. The molecule has 0 radical (unpaired) electrons. The van der Waals surface area contributed by atoms with Crippen LogP contribution < -0.4 is 16.0 Å². The highest BCUT2D eigenvalue weighted by atomic mass is 127. The first kappa shape index (κ1) is 26.1. The maximum Gasteiger partial charge on any atom is 0.251 e. The summed E-state index contributed by atoms with van der Waals surface area (Å²) in [5, 5.41) is 9.79. The van der Waals surface area contributed by atoms with Gasteiger partial charge < -0.3 is 16.0 Å². The number of likely N-dealkylation sites (tertiary alicyclic amines) is 1. The molecule has 0 aliphatic carbocycles. The maximum atomic E-state index is 11.9. The van der Waals surface area contributed by atoms with E-state index >= 15 is 0 Å². The van der Waals surface area contributed by atoms with Gasteiger partial charge in [-0.25, -0.2) is 4.99 Å². The van der Waals surface area contributed by atoms with Gasteiger partial charge in [0.25, 0.3) is 5.91 Å². The van der Waals surface area contributed by atoms with Crippen molar-refractivity contribution < 1.29 is 4.79 Å². The number of hydrogen-bond donors (Lipinski definition) is 3. The average Bonchev–Trinajstić information content (AvgIpc) is 3.12. The summed E-state index contributed by atoms with van der Waals surface area (Å²) in [6.45, 7) is 10.3. The Morgan fingerprint density at radius 1 is 1.00 bits per heavy atom. The minimum absolute atomic E-state index is 0. The van der Waals surface area contributed by atoms with Crippen LogP contribution in [0.25, 0.3) is 0 Å². The Hall–Kier alpha value is -2.13. The Morgan fingerprint density at radius 2 is 1.69 bits per heavy atom. The first-order valence-corrected chi connectivity index (χ1v) is 11.3. The van der Waals surface area contributed by atoms with Crippen molar-refractivity contribution in [3.63, 3.8) is 0 Å². The number of carbonyl (C=O) groups is 1. The molecule has 0 bridgehead atoms. The molecule has 2 aromatic rings. The summed E-state index contributed by atoms with van der Waals surface area (Å²) in [5.41, 5.74) is 3.11. The van der Waals surface area contributed by atoms with Crippen LogP contribution in [0.1, 0.15) is 48.7 Å². The van der Waals surface area contributed by atoms with E-state index < -0.39 is 0 Å². The van der Waals surface area contributed by atoms with Gasteiger partial charge in [-0.15, -0.1) is 24.0 Å². The van der Waals surface area contributed by atoms with Gasteiger partial charge in [0.05, 0.1) is 6.54 Å². The first-order valence-electron chi connectivity index (χ1n) is 11.3. The van der Waals surface area contributed by atoms with Crippen LogP contribution in [0.15, 0.2) is 59.6 Å². The fourth-order valence-corrected chi connectivity index (χ4v) is 3.95. The van der Waals surface area contributed by atoms with E-state index in [9.17, 15) is 4.79 Å². The molecule has 2 aromatic carbocycles. The largest absolute Gasteiger partial charge is 0.357 e. The highest BCUT2D eigenvalue weighted by Gasteiger charge is 2.29. The van der Waals surface area contributed by atoms with Gasteiger partial charge in [0.2, 0.25) is 0 Å². The molecule has 1 aliphatic heterocycles. The van der Waals surface area contributed by atoms with E-state index in [1.807, 2.05) is 31.2 Å². The molecule has 0 spiro atoms. The van der Waals surface area contributed by atoms with Crippen LogP contribution in [-0.2, 0) is 13.1 Å². The van der Waals surface area contributed by atoms with E-state index in [1.165, 1.54) is 5.56 Å². The monoisotopic (exact) mass is 549 g/mol. The van der Waals surface area contributed by atoms with E-state index in [1.54, 1.807) is 0 Å². The highest BCUT2D eigenvalue weighted by Crippen LogP contribution is 2.20. The lowest BCUT2D eigenvalue weighted by atomic mass is 10.1. The molecule has 1 fully saturated rings. The number of hydrogen-bond acceptors (Lipinski definition) is 3. The molecule has 3 rings (SSSR count). The number of carbonyl (C=O) groups excluding carboxylic acids is 1. The molecule has 0 aromatic heterocycles. The van der Waals surface area contributed by atoms with Gasteiger partial charge in [-0.3, -0.25) is 9.69 Å². The molecule has 6 nitrogen and oxygen atoms in total. The van der Waals surface area contributed by atoms with E-state index in [2.05, 4.69) is 65.0 Å². The number of rotatable bonds is 8. The standard InChI is InChI=1S/C25H35N5O.HI/c1-4-26-24(31)22-13-11-20(12-14-22)16-28-25(27-5-2)29-23-15-19(3)30(18-23)17-21-9-7-6-8-10-21;/h6-14,19,23H,4-5,15-18H2,1-3H3,(H,26,31)(H2,27,28,29);1H. The molecule has 2 atom stereocenters. The predicted molar refractivity (Wildman–Crippen MR) is 143 cm³/mol. The van der Waals surface area contributed by atoms with Crippen molar-refractivity contribution in [3.8, 4) is 0 Å². The van der Waals surface area contributed by atoms with Gasteiger partial charge >= 0.3 is 0 Å². The molecule has 32 heavy (non-hydrogen) atoms. The summed E-state index contributed by atoms with van der Waals surface area (Å²) in [5.74, 6) is 0.803. The Kier molecular flexibility index (Phi) is 11.0. The van der Waals surface area contributed by atoms with E-state index in [4.69, 9.17) is 4.99 Å². The van der Waals surface area contributed by atoms with Crippen molar-refractivity contribution in [2.45, 2.75) is 52.4 Å². The van der Waals surface area contributed by atoms with Gasteiger partial charge in [-0.1, -0.05) is 42.5 Å². The SMILES string of the molecule is CCNC(=O)c1ccc(CN=C(NCC)NC2CC(C)N(Cc3ccccc3)C2)cc1.I. The van der Waals surface area contributed by atoms with Gasteiger partial charge in [0.1, 0.15) is 0 Å². The first-order chi connectivity index (χ1) is 15.1. The van der Waals surface area contributed by atoms with E-state index in [-0.39, 0.29) is 29.9 Å². The van der Waals surface area contributed by atoms with Crippen LogP contribution in [0.4, 0.5) is 0 Å². The third kappa shape index (κ3) is 7.78. The number of aliphatic imine (C=N–C) groups is 1. The lowest BCUT2D eigenvalue weighted by Gasteiger charge is -2.21. The minimum atomic E-state index is -0.0389. The third-order valence-electron chi connectivity index (χ3n) is 5.59. The second-order valence-corrected chi connectivity index (χ2v) is 8.09. The zero-order valence-corrected chi connectivity index (χ0v) is 21.6. The minimum Gasteiger partial charge on any atom is -0.357 e. The number of amides is 1. The van der Waals surface area contributed by atoms with Crippen LogP contribution >= 0.6 is 24.0 Å². The fraction of sp³-hybridized carbons (Fsp3) is 0.440. The fourth-order valence-electron chi connectivity index (χ4n) is 3.95. The van der Waals surface area contributed by atoms with Crippen molar-refractivity contribution in [3.05, 3.63) is 71.3 Å². The number of guanidine groups is 1. The van der Waals surface area contributed by atoms with Crippen LogP contribution in [0.2, 0.25) is 0 Å². The number of nitrogens with one attached hydrogen (secondary N) is 3. The van der Waals surface area contributed by atoms with Gasteiger partial charge in [-0.2, -0.15) is 0 Å². The molecule has 1 saturated heterocycles. The molecule has 1 amide bonds. The molecular weight excluding hydrogens is 513 g/mol. The quantitative estimate of drug-likeness (QED) is 0.267. The summed E-state index contributed by atoms with van der Waals surface area (Å²) >= 11 is 0. The molecule has 7 heteroatoms. The zero-order valence-electron chi connectivity index (χ0n) is 19.3. The van der Waals surface area contributed by atoms with Crippen LogP contribution in [0.3, 0.4) is 0 Å². The topological polar surface area (TPSA) is 68.8 Å². The maximum absolute atomic E-state index is 11.9. The number of nitrogens with zero attached hydrogens (tertiary/aromatic N) is 2. The summed E-state index contributed by atoms with van der Waals surface area (Å²) in [7, 11) is 0. The van der Waals surface area contributed by atoms with Gasteiger partial charge in [0, 0.05) is 43.8 Å². The Balaban J connectivity index is 0.00000363. The normalized spacial score (nSPS) is 18.7. The second-order valence-electron chi connectivity index (χ2n) is 8.09. The van der Waals surface area contributed by atoms with Crippen molar-refractivity contribution in [2.75, 3.05) is 19.6 Å². The lowest BCUT2D eigenvalue weighted by molar-refractivity contribution is 0.0956. The van der Waals surface area contributed by atoms with Gasteiger partial charge in [0.15, 0.2) is 5.96 Å². The lowest BCUT2D eigenvalue weighted by Crippen LogP contribution is -2.44. The highest BCUT2D eigenvalue weighted by molar-refractivity contribution is 14.0. The summed E-state index contributed by atoms with van der Waals surface area (Å²) in [6.07, 6.45) is 1.10. The number of halogens is 1. The van der Waals surface area contributed by atoms with Crippen molar-refractivity contribution >= 4 is 35.8 Å². The average molecular weight is 550 g/mol. The van der Waals surface area contributed by atoms with Crippen LogP contribution in [0.5, 0.6) is 0 Å². The molecule has 1 aliphatic rings. The Morgan fingerprint density at radius 3 is 2.34 bits per heavy atom. The number of benzene rings is 2. The van der Waals surface area contributed by atoms with Gasteiger partial charge in [-0.05, 0) is 50.5 Å². The van der Waals surface area contributed by atoms with Crippen molar-refractivity contribution in [2.24, 2.45) is 4.99 Å². The van der Waals surface area contributed by atoms with E-state index in [0.717, 1.165) is 37.6 Å². The van der Waals surface area contributed by atoms with E-state index in [0.29, 0.717) is 30.7 Å². The Bertz CT molecular complexity index is 856. The molecule has 174 valence electrons. The van der Waals surface area contributed by atoms with Crippen LogP contribution in [0, 0.1) is 0 Å². The summed E-state index contributed by atoms with van der Waals surface area (Å²) < 4.78 is 0. The molecule has 3 N–H and O–H groups in total. The smallest absolute Gasteiger partial charge is 0.251 e. The van der Waals surface area contributed by atoms with Crippen molar-refractivity contribution in [1.29, 1.82) is 0 Å². The molecular formula is C25H36IN5O. The zero-order chi connectivity index (χ0) is 22.1. The third-order valence-corrected chi connectivity index (χ3v) is 5.59. The van der Waals surface area contributed by atoms with Crippen LogP contribution in [-0.4, -0.2) is 48.5 Å².